The van der Waals surface area contributed by atoms with Crippen molar-refractivity contribution < 1.29 is 0 Å². The summed E-state index contributed by atoms with van der Waals surface area (Å²) in [5.74, 6) is 0. The Balaban J connectivity index is 3.80. The van der Waals surface area contributed by atoms with Crippen LogP contribution in [-0.4, -0.2) is 16.0 Å². The molecule has 0 saturated carbocycles. The van der Waals surface area contributed by atoms with Gasteiger partial charge in [0.05, 0.1) is 0 Å². The Morgan fingerprint density at radius 2 is 1.80 bits per heavy atom. The van der Waals surface area contributed by atoms with Gasteiger partial charge in [0.15, 0.2) is 0 Å². The lowest BCUT2D eigenvalue weighted by Crippen LogP contribution is -2.36. The average molecular weight is 159 g/mol. The number of hydrogen-bond donors (Lipinski definition) is 1. The Morgan fingerprint density at radius 3 is 1.90 bits per heavy atom. The van der Waals surface area contributed by atoms with Crippen molar-refractivity contribution in [3.8, 4) is 0 Å². The summed E-state index contributed by atoms with van der Waals surface area (Å²) in [5, 5.41) is 0. The zero-order chi connectivity index (χ0) is 8.15. The molecule has 62 valence electrons. The van der Waals surface area contributed by atoms with E-state index in [-0.39, 0.29) is 0 Å². The Hall–Kier alpha value is 0.177. The molecule has 0 amide bonds. The van der Waals surface area contributed by atoms with E-state index in [4.69, 9.17) is 0 Å². The second-order valence-corrected chi connectivity index (χ2v) is 7.54. The van der Waals surface area contributed by atoms with E-state index >= 15 is 0 Å². The van der Waals surface area contributed by atoms with Crippen LogP contribution in [0.15, 0.2) is 0 Å². The van der Waals surface area contributed by atoms with Crippen molar-refractivity contribution in [2.75, 3.05) is 7.05 Å². The molecule has 0 heterocycles. The minimum Gasteiger partial charge on any atom is -0.342 e. The predicted octanol–water partition coefficient (Wildman–Crippen LogP) is 2.14. The molecular weight excluding hydrogens is 138 g/mol. The second kappa shape index (κ2) is 4.91. The SMILES string of the molecule is CCC(C)[SiH](NC)C(C)C. The van der Waals surface area contributed by atoms with Crippen LogP contribution in [0.3, 0.4) is 0 Å². The quantitative estimate of drug-likeness (QED) is 0.620. The second-order valence-electron chi connectivity index (χ2n) is 3.44. The Kier molecular flexibility index (Phi) is 5.00. The van der Waals surface area contributed by atoms with Crippen molar-refractivity contribution in [1.29, 1.82) is 0 Å². The fourth-order valence-corrected chi connectivity index (χ4v) is 4.59. The molecule has 0 spiro atoms. The molecule has 0 aliphatic carbocycles. The lowest BCUT2D eigenvalue weighted by Gasteiger charge is -2.23. The van der Waals surface area contributed by atoms with E-state index in [9.17, 15) is 0 Å². The number of rotatable bonds is 4. The molecule has 0 aliphatic rings. The summed E-state index contributed by atoms with van der Waals surface area (Å²) in [6.07, 6.45) is 1.33. The molecule has 0 bridgehead atoms. The minimum atomic E-state index is -0.630. The first-order valence-corrected chi connectivity index (χ1v) is 6.21. The summed E-state index contributed by atoms with van der Waals surface area (Å²) in [6.45, 7) is 9.32. The van der Waals surface area contributed by atoms with E-state index in [1.165, 1.54) is 6.42 Å². The molecule has 1 nitrogen and oxygen atoms in total. The van der Waals surface area contributed by atoms with Crippen LogP contribution in [0.2, 0.25) is 11.1 Å². The smallest absolute Gasteiger partial charge is 0.114 e. The van der Waals surface area contributed by atoms with Crippen LogP contribution >= 0.6 is 0 Å². The van der Waals surface area contributed by atoms with Crippen LogP contribution in [0.5, 0.6) is 0 Å². The normalized spacial score (nSPS) is 17.4. The Morgan fingerprint density at radius 1 is 1.30 bits per heavy atom. The highest BCUT2D eigenvalue weighted by molar-refractivity contribution is 6.59. The minimum absolute atomic E-state index is 0.630. The molecule has 2 unspecified atom stereocenters. The first-order valence-electron chi connectivity index (χ1n) is 4.30. The summed E-state index contributed by atoms with van der Waals surface area (Å²) < 4.78 is 0. The summed E-state index contributed by atoms with van der Waals surface area (Å²) in [7, 11) is 1.48. The highest BCUT2D eigenvalue weighted by atomic mass is 28.3. The van der Waals surface area contributed by atoms with E-state index in [1.54, 1.807) is 0 Å². The maximum Gasteiger partial charge on any atom is 0.114 e. The standard InChI is InChI=1S/C8H21NSi/c1-6-8(4)10(9-5)7(2)3/h7-10H,6H2,1-5H3. The van der Waals surface area contributed by atoms with Gasteiger partial charge < -0.3 is 4.98 Å². The van der Waals surface area contributed by atoms with Crippen LogP contribution in [-0.2, 0) is 0 Å². The number of hydrogen-bond acceptors (Lipinski definition) is 1. The zero-order valence-corrected chi connectivity index (χ0v) is 9.09. The van der Waals surface area contributed by atoms with Gasteiger partial charge in [0.25, 0.3) is 0 Å². The summed E-state index contributed by atoms with van der Waals surface area (Å²) in [5.41, 5.74) is 1.82. The summed E-state index contributed by atoms with van der Waals surface area (Å²) in [4.78, 5) is 3.49. The van der Waals surface area contributed by atoms with Gasteiger partial charge in [-0.1, -0.05) is 34.1 Å². The average Bonchev–Trinajstić information content (AvgIpc) is 1.88. The molecular formula is C8H21NSi. The first kappa shape index (κ1) is 10.2. The van der Waals surface area contributed by atoms with E-state index in [0.717, 1.165) is 11.1 Å². The van der Waals surface area contributed by atoms with E-state index in [0.29, 0.717) is 0 Å². The van der Waals surface area contributed by atoms with Crippen LogP contribution in [0.1, 0.15) is 34.1 Å². The van der Waals surface area contributed by atoms with Crippen LogP contribution in [0.25, 0.3) is 0 Å². The third-order valence-electron chi connectivity index (χ3n) is 2.31. The van der Waals surface area contributed by atoms with E-state index in [2.05, 4.69) is 39.7 Å². The van der Waals surface area contributed by atoms with Crippen LogP contribution in [0.4, 0.5) is 0 Å². The number of nitrogens with one attached hydrogen (secondary N) is 1. The molecule has 0 aromatic rings. The third kappa shape index (κ3) is 2.84. The maximum atomic E-state index is 3.49. The van der Waals surface area contributed by atoms with Crippen molar-refractivity contribution in [2.24, 2.45) is 0 Å². The molecule has 2 atom stereocenters. The fourth-order valence-electron chi connectivity index (χ4n) is 1.53. The highest BCUT2D eigenvalue weighted by Gasteiger charge is 2.18. The van der Waals surface area contributed by atoms with Gasteiger partial charge in [-0.2, -0.15) is 0 Å². The van der Waals surface area contributed by atoms with Crippen molar-refractivity contribution in [3.63, 3.8) is 0 Å². The Labute approximate surface area is 66.9 Å². The van der Waals surface area contributed by atoms with Crippen molar-refractivity contribution in [3.05, 3.63) is 0 Å². The molecule has 10 heavy (non-hydrogen) atoms. The lowest BCUT2D eigenvalue weighted by atomic mass is 10.4. The topological polar surface area (TPSA) is 12.0 Å². The largest absolute Gasteiger partial charge is 0.342 e. The monoisotopic (exact) mass is 159 g/mol. The van der Waals surface area contributed by atoms with Gasteiger partial charge in [-0.05, 0) is 18.1 Å². The molecule has 0 radical (unpaired) electrons. The highest BCUT2D eigenvalue weighted by Crippen LogP contribution is 2.20. The molecule has 0 saturated heterocycles. The van der Waals surface area contributed by atoms with Crippen molar-refractivity contribution >= 4 is 8.96 Å². The zero-order valence-electron chi connectivity index (χ0n) is 7.94. The Bertz CT molecular complexity index is 83.3. The summed E-state index contributed by atoms with van der Waals surface area (Å²) >= 11 is 0. The van der Waals surface area contributed by atoms with Gasteiger partial charge in [0.1, 0.15) is 8.96 Å². The molecule has 0 rings (SSSR count). The van der Waals surface area contributed by atoms with Gasteiger partial charge >= 0.3 is 0 Å². The molecule has 1 N–H and O–H groups in total. The van der Waals surface area contributed by atoms with Crippen molar-refractivity contribution in [2.45, 2.75) is 45.2 Å². The van der Waals surface area contributed by atoms with E-state index in [1.807, 2.05) is 0 Å². The molecule has 0 aromatic heterocycles. The van der Waals surface area contributed by atoms with Crippen LogP contribution in [0, 0.1) is 0 Å². The predicted molar refractivity (Wildman–Crippen MR) is 51.0 cm³/mol. The fraction of sp³-hybridized carbons (Fsp3) is 1.00. The maximum absolute atomic E-state index is 3.49. The molecule has 0 aliphatic heterocycles. The van der Waals surface area contributed by atoms with Gasteiger partial charge in [-0.15, -0.1) is 0 Å². The van der Waals surface area contributed by atoms with Gasteiger partial charge in [0, 0.05) is 0 Å². The summed E-state index contributed by atoms with van der Waals surface area (Å²) in [6, 6.07) is 0. The molecule has 2 heteroatoms. The van der Waals surface area contributed by atoms with Gasteiger partial charge in [-0.3, -0.25) is 0 Å². The van der Waals surface area contributed by atoms with E-state index < -0.39 is 8.96 Å². The van der Waals surface area contributed by atoms with Gasteiger partial charge in [-0.25, -0.2) is 0 Å². The van der Waals surface area contributed by atoms with Crippen molar-refractivity contribution in [1.82, 2.24) is 4.98 Å². The molecule has 0 fully saturated rings. The van der Waals surface area contributed by atoms with Gasteiger partial charge in [0.2, 0.25) is 0 Å². The third-order valence-corrected chi connectivity index (χ3v) is 6.11. The molecule has 0 aromatic carbocycles. The first-order chi connectivity index (χ1) is 4.63. The lowest BCUT2D eigenvalue weighted by molar-refractivity contribution is 0.799. The van der Waals surface area contributed by atoms with Crippen LogP contribution < -0.4 is 4.98 Å².